The normalized spacial score (nSPS) is 23.1. The van der Waals surface area contributed by atoms with E-state index in [1.807, 2.05) is 23.4 Å². The molecule has 37 heavy (non-hydrogen) atoms. The van der Waals surface area contributed by atoms with Crippen LogP contribution in [0.15, 0.2) is 35.8 Å². The number of nitrogen functional groups attached to an aromatic ring is 1. The highest BCUT2D eigenvalue weighted by molar-refractivity contribution is 7.19. The number of anilines is 1. The second-order valence-corrected chi connectivity index (χ2v) is 12.0. The molecular formula is C26H27FN6O2S2. The van der Waals surface area contributed by atoms with Crippen molar-refractivity contribution in [1.29, 1.82) is 0 Å². The summed E-state index contributed by atoms with van der Waals surface area (Å²) in [5.74, 6) is 0.419. The first-order valence-corrected chi connectivity index (χ1v) is 14.0. The van der Waals surface area contributed by atoms with Gasteiger partial charge in [-0.15, -0.1) is 11.3 Å². The number of amides is 2. The topological polar surface area (TPSA) is 106 Å². The zero-order valence-corrected chi connectivity index (χ0v) is 22.1. The van der Waals surface area contributed by atoms with E-state index in [0.29, 0.717) is 52.7 Å². The molecule has 2 aliphatic rings. The number of nitrogens with two attached hydrogens (primary N) is 1. The summed E-state index contributed by atoms with van der Waals surface area (Å²) in [4.78, 5) is 39.2. The van der Waals surface area contributed by atoms with E-state index in [9.17, 15) is 14.0 Å². The highest BCUT2D eigenvalue weighted by Gasteiger charge is 2.48. The van der Waals surface area contributed by atoms with E-state index in [1.165, 1.54) is 34.8 Å². The predicted octanol–water partition coefficient (Wildman–Crippen LogP) is 4.47. The molecule has 1 aromatic carbocycles. The van der Waals surface area contributed by atoms with Crippen LogP contribution in [0.5, 0.6) is 0 Å². The Morgan fingerprint density at radius 2 is 2.11 bits per heavy atom. The van der Waals surface area contributed by atoms with Crippen molar-refractivity contribution < 1.29 is 14.0 Å². The molecular weight excluding hydrogens is 511 g/mol. The lowest BCUT2D eigenvalue weighted by Gasteiger charge is -2.28. The number of thiazole rings is 2. The Morgan fingerprint density at radius 3 is 2.92 bits per heavy atom. The maximum absolute atomic E-state index is 14.0. The van der Waals surface area contributed by atoms with Gasteiger partial charge in [0.2, 0.25) is 0 Å². The Morgan fingerprint density at radius 1 is 1.27 bits per heavy atom. The van der Waals surface area contributed by atoms with Gasteiger partial charge in [-0.1, -0.05) is 30.4 Å². The summed E-state index contributed by atoms with van der Waals surface area (Å²) in [6, 6.07) is 5.95. The number of imidazole rings is 1. The van der Waals surface area contributed by atoms with E-state index in [0.717, 1.165) is 17.8 Å². The quantitative estimate of drug-likeness (QED) is 0.390. The fraction of sp³-hybridized carbons (Fsp3) is 0.385. The van der Waals surface area contributed by atoms with Crippen molar-refractivity contribution in [3.8, 4) is 10.4 Å². The average molecular weight is 539 g/mol. The Hall–Kier alpha value is -3.31. The van der Waals surface area contributed by atoms with Gasteiger partial charge in [-0.05, 0) is 55.2 Å². The number of rotatable bonds is 5. The molecule has 2 fully saturated rings. The van der Waals surface area contributed by atoms with Gasteiger partial charge in [0.1, 0.15) is 17.2 Å². The van der Waals surface area contributed by atoms with Gasteiger partial charge >= 0.3 is 0 Å². The molecule has 1 aliphatic heterocycles. The van der Waals surface area contributed by atoms with Crippen LogP contribution in [0.3, 0.4) is 0 Å². The van der Waals surface area contributed by atoms with Gasteiger partial charge in [-0.25, -0.2) is 14.4 Å². The molecule has 4 atom stereocenters. The van der Waals surface area contributed by atoms with Crippen LogP contribution in [0.1, 0.15) is 46.4 Å². The lowest BCUT2D eigenvalue weighted by molar-refractivity contribution is 0.0692. The first-order chi connectivity index (χ1) is 17.8. The van der Waals surface area contributed by atoms with Gasteiger partial charge in [0.25, 0.3) is 11.8 Å². The standard InChI is InChI=1S/C26H27FN6O2S2/c1-13-8-16-12-33(24(35)20-22(37-25(28)31-20)15-4-3-5-17(27)10-15)19(18(16)9-13)11-29-23(34)21-14(2)30-26-32(21)6-7-36-26/h3-7,10,13,16,18-19H,8-9,11-12H2,1-2H3,(H2,28,31)(H,29,34)/t13?,16-,18-,19+/m0/s1. The lowest BCUT2D eigenvalue weighted by Crippen LogP contribution is -2.46. The smallest absolute Gasteiger partial charge is 0.274 e. The van der Waals surface area contributed by atoms with E-state index in [4.69, 9.17) is 5.73 Å². The monoisotopic (exact) mass is 538 g/mol. The average Bonchev–Trinajstić information content (AvgIpc) is 3.64. The molecule has 0 radical (unpaired) electrons. The zero-order chi connectivity index (χ0) is 25.8. The number of carbonyl (C=O) groups excluding carboxylic acids is 2. The molecule has 0 bridgehead atoms. The number of nitrogens with zero attached hydrogens (tertiary/aromatic N) is 4. The second-order valence-electron chi connectivity index (χ2n) is 10.1. The van der Waals surface area contributed by atoms with Crippen molar-refractivity contribution >= 4 is 44.6 Å². The number of fused-ring (bicyclic) bond motifs is 2. The number of carbonyl (C=O) groups is 2. The van der Waals surface area contributed by atoms with Crippen LogP contribution in [0.25, 0.3) is 15.4 Å². The number of aromatic nitrogens is 3. The van der Waals surface area contributed by atoms with Crippen LogP contribution >= 0.6 is 22.7 Å². The first-order valence-electron chi connectivity index (χ1n) is 12.3. The minimum absolute atomic E-state index is 0.166. The fourth-order valence-corrected chi connectivity index (χ4v) is 7.71. The van der Waals surface area contributed by atoms with Crippen molar-refractivity contribution in [2.75, 3.05) is 18.8 Å². The van der Waals surface area contributed by atoms with Crippen LogP contribution in [-0.4, -0.2) is 50.2 Å². The summed E-state index contributed by atoms with van der Waals surface area (Å²) in [6.45, 7) is 5.01. The van der Waals surface area contributed by atoms with Crippen LogP contribution in [0, 0.1) is 30.5 Å². The van der Waals surface area contributed by atoms with E-state index >= 15 is 0 Å². The Kier molecular flexibility index (Phi) is 5.99. The third kappa shape index (κ3) is 4.19. The molecule has 4 heterocycles. The van der Waals surface area contributed by atoms with Gasteiger partial charge in [-0.3, -0.25) is 14.0 Å². The maximum atomic E-state index is 14.0. The number of aryl methyl sites for hydroxylation is 1. The SMILES string of the molecule is Cc1nc2sccn2c1C(=O)NC[C@@H]1[C@H]2CC(C)C[C@H]2CN1C(=O)c1nc(N)sc1-c1cccc(F)c1. The fourth-order valence-electron chi connectivity index (χ4n) is 6.13. The molecule has 3 aromatic heterocycles. The van der Waals surface area contributed by atoms with Gasteiger partial charge in [0.15, 0.2) is 10.1 Å². The minimum Gasteiger partial charge on any atom is -0.375 e. The van der Waals surface area contributed by atoms with E-state index in [1.54, 1.807) is 16.5 Å². The number of benzene rings is 1. The molecule has 2 amide bonds. The third-order valence-corrected chi connectivity index (χ3v) is 9.32. The zero-order valence-electron chi connectivity index (χ0n) is 20.5. The Balaban J connectivity index is 1.28. The van der Waals surface area contributed by atoms with Crippen LogP contribution < -0.4 is 11.1 Å². The molecule has 1 aliphatic carbocycles. The number of likely N-dealkylation sites (tertiary alicyclic amines) is 1. The highest BCUT2D eigenvalue weighted by Crippen LogP contribution is 2.46. The van der Waals surface area contributed by atoms with Crippen LogP contribution in [0.4, 0.5) is 9.52 Å². The summed E-state index contributed by atoms with van der Waals surface area (Å²) < 4.78 is 15.8. The summed E-state index contributed by atoms with van der Waals surface area (Å²) >= 11 is 2.66. The van der Waals surface area contributed by atoms with Gasteiger partial charge in [0.05, 0.1) is 16.6 Å². The Bertz CT molecular complexity index is 1510. The molecule has 4 aromatic rings. The van der Waals surface area contributed by atoms with Gasteiger partial charge < -0.3 is 16.0 Å². The second kappa shape index (κ2) is 9.21. The van der Waals surface area contributed by atoms with E-state index < -0.39 is 0 Å². The van der Waals surface area contributed by atoms with E-state index in [2.05, 4.69) is 22.2 Å². The molecule has 1 saturated carbocycles. The molecule has 6 rings (SSSR count). The van der Waals surface area contributed by atoms with Crippen LogP contribution in [0.2, 0.25) is 0 Å². The number of hydrogen-bond acceptors (Lipinski definition) is 7. The summed E-state index contributed by atoms with van der Waals surface area (Å²) in [7, 11) is 0. The van der Waals surface area contributed by atoms with Crippen LogP contribution in [-0.2, 0) is 0 Å². The number of halogens is 1. The Labute approximate surface area is 221 Å². The third-order valence-electron chi connectivity index (χ3n) is 7.63. The maximum Gasteiger partial charge on any atom is 0.274 e. The van der Waals surface area contributed by atoms with Crippen molar-refractivity contribution in [3.63, 3.8) is 0 Å². The number of nitrogens with one attached hydrogen (secondary N) is 1. The molecule has 8 nitrogen and oxygen atoms in total. The lowest BCUT2D eigenvalue weighted by atomic mass is 9.93. The molecule has 0 spiro atoms. The van der Waals surface area contributed by atoms with Crippen molar-refractivity contribution in [1.82, 2.24) is 24.6 Å². The van der Waals surface area contributed by atoms with Crippen molar-refractivity contribution in [2.45, 2.75) is 32.7 Å². The molecule has 11 heteroatoms. The minimum atomic E-state index is -0.386. The molecule has 3 N–H and O–H groups in total. The summed E-state index contributed by atoms with van der Waals surface area (Å²) in [6.07, 6.45) is 3.90. The van der Waals surface area contributed by atoms with Gasteiger partial charge in [0, 0.05) is 24.7 Å². The number of hydrogen-bond donors (Lipinski definition) is 2. The highest BCUT2D eigenvalue weighted by atomic mass is 32.1. The van der Waals surface area contributed by atoms with Crippen molar-refractivity contribution in [3.05, 3.63) is 58.7 Å². The molecule has 1 saturated heterocycles. The molecule has 1 unspecified atom stereocenters. The van der Waals surface area contributed by atoms with Crippen molar-refractivity contribution in [2.24, 2.45) is 17.8 Å². The van der Waals surface area contributed by atoms with E-state index in [-0.39, 0.29) is 34.5 Å². The predicted molar refractivity (Wildman–Crippen MR) is 142 cm³/mol. The largest absolute Gasteiger partial charge is 0.375 e. The van der Waals surface area contributed by atoms with Gasteiger partial charge in [-0.2, -0.15) is 0 Å². The first kappa shape index (κ1) is 24.1. The summed E-state index contributed by atoms with van der Waals surface area (Å²) in [5, 5.41) is 5.25. The summed E-state index contributed by atoms with van der Waals surface area (Å²) in [5.41, 5.74) is 8.03. The molecule has 192 valence electrons.